The van der Waals surface area contributed by atoms with Crippen LogP contribution in [0.15, 0.2) is 18.2 Å². The summed E-state index contributed by atoms with van der Waals surface area (Å²) in [7, 11) is 0. The molecule has 0 aliphatic carbocycles. The Bertz CT molecular complexity index is 443. The minimum absolute atomic E-state index is 0.157. The zero-order chi connectivity index (χ0) is 13.1. The maximum Gasteiger partial charge on any atom is 0.219 e. The Morgan fingerprint density at radius 1 is 1.17 bits per heavy atom. The van der Waals surface area contributed by atoms with E-state index in [4.69, 9.17) is 23.2 Å². The lowest BCUT2D eigenvalue weighted by Crippen LogP contribution is -2.47. The van der Waals surface area contributed by atoms with E-state index in [1.807, 2.05) is 23.1 Å². The fourth-order valence-electron chi connectivity index (χ4n) is 2.12. The Labute approximate surface area is 117 Å². The van der Waals surface area contributed by atoms with Crippen LogP contribution in [-0.4, -0.2) is 41.9 Å². The maximum atomic E-state index is 11.2. The van der Waals surface area contributed by atoms with Crippen molar-refractivity contribution in [3.8, 4) is 0 Å². The average molecular weight is 287 g/mol. The SMILES string of the molecule is CC(=O)N1CCN(Cc2ccc(Cl)c(Cl)c2)CC1. The van der Waals surface area contributed by atoms with E-state index in [0.717, 1.165) is 38.3 Å². The maximum absolute atomic E-state index is 11.2. The summed E-state index contributed by atoms with van der Waals surface area (Å²) in [6.45, 7) is 5.88. The van der Waals surface area contributed by atoms with Crippen molar-refractivity contribution < 1.29 is 4.79 Å². The first-order chi connectivity index (χ1) is 8.56. The molecular formula is C13H16Cl2N2O. The van der Waals surface area contributed by atoms with Crippen molar-refractivity contribution in [1.82, 2.24) is 9.80 Å². The number of benzene rings is 1. The van der Waals surface area contributed by atoms with Crippen LogP contribution in [0.3, 0.4) is 0 Å². The molecule has 0 spiro atoms. The van der Waals surface area contributed by atoms with Crippen molar-refractivity contribution in [2.45, 2.75) is 13.5 Å². The quantitative estimate of drug-likeness (QED) is 0.835. The molecule has 1 amide bonds. The van der Waals surface area contributed by atoms with Crippen LogP contribution in [-0.2, 0) is 11.3 Å². The molecule has 0 N–H and O–H groups in total. The third kappa shape index (κ3) is 3.37. The number of hydrogen-bond acceptors (Lipinski definition) is 2. The van der Waals surface area contributed by atoms with Crippen LogP contribution in [0.4, 0.5) is 0 Å². The van der Waals surface area contributed by atoms with Gasteiger partial charge in [-0.15, -0.1) is 0 Å². The van der Waals surface area contributed by atoms with Gasteiger partial charge in [0.15, 0.2) is 0 Å². The van der Waals surface area contributed by atoms with Gasteiger partial charge in [0.05, 0.1) is 10.0 Å². The van der Waals surface area contributed by atoms with Crippen LogP contribution in [0.2, 0.25) is 10.0 Å². The molecule has 1 aliphatic heterocycles. The third-order valence-corrected chi connectivity index (χ3v) is 3.95. The van der Waals surface area contributed by atoms with Gasteiger partial charge in [0.2, 0.25) is 5.91 Å². The van der Waals surface area contributed by atoms with Crippen molar-refractivity contribution in [2.75, 3.05) is 26.2 Å². The van der Waals surface area contributed by atoms with Gasteiger partial charge >= 0.3 is 0 Å². The fourth-order valence-corrected chi connectivity index (χ4v) is 2.44. The van der Waals surface area contributed by atoms with Crippen LogP contribution in [0.25, 0.3) is 0 Å². The summed E-state index contributed by atoms with van der Waals surface area (Å²) >= 11 is 11.9. The number of hydrogen-bond donors (Lipinski definition) is 0. The smallest absolute Gasteiger partial charge is 0.219 e. The van der Waals surface area contributed by atoms with E-state index in [2.05, 4.69) is 4.90 Å². The predicted molar refractivity (Wildman–Crippen MR) is 74.0 cm³/mol. The molecule has 1 heterocycles. The standard InChI is InChI=1S/C13H16Cl2N2O/c1-10(18)17-6-4-16(5-7-17)9-11-2-3-12(14)13(15)8-11/h2-3,8H,4-7,9H2,1H3. The van der Waals surface area contributed by atoms with Gasteiger partial charge in [0.1, 0.15) is 0 Å². The highest BCUT2D eigenvalue weighted by Gasteiger charge is 2.18. The van der Waals surface area contributed by atoms with E-state index >= 15 is 0 Å². The number of halogens is 2. The number of piperazine rings is 1. The molecule has 1 aromatic rings. The fraction of sp³-hybridized carbons (Fsp3) is 0.462. The van der Waals surface area contributed by atoms with Gasteiger partial charge in [-0.2, -0.15) is 0 Å². The lowest BCUT2D eigenvalue weighted by molar-refractivity contribution is -0.130. The van der Waals surface area contributed by atoms with Crippen molar-refractivity contribution in [3.05, 3.63) is 33.8 Å². The molecule has 0 unspecified atom stereocenters. The van der Waals surface area contributed by atoms with E-state index in [1.54, 1.807) is 6.92 Å². The van der Waals surface area contributed by atoms with Gasteiger partial charge in [0.25, 0.3) is 0 Å². The summed E-state index contributed by atoms with van der Waals surface area (Å²) in [5.41, 5.74) is 1.15. The number of carbonyl (C=O) groups is 1. The Morgan fingerprint density at radius 3 is 2.39 bits per heavy atom. The van der Waals surface area contributed by atoms with Gasteiger partial charge in [-0.3, -0.25) is 9.69 Å². The molecule has 5 heteroatoms. The highest BCUT2D eigenvalue weighted by molar-refractivity contribution is 6.42. The predicted octanol–water partition coefficient (Wildman–Crippen LogP) is 2.66. The monoisotopic (exact) mass is 286 g/mol. The number of carbonyl (C=O) groups excluding carboxylic acids is 1. The first kappa shape index (κ1) is 13.7. The summed E-state index contributed by atoms with van der Waals surface area (Å²) in [5, 5.41) is 1.18. The summed E-state index contributed by atoms with van der Waals surface area (Å²) in [4.78, 5) is 15.4. The van der Waals surface area contributed by atoms with Crippen molar-refractivity contribution in [2.24, 2.45) is 0 Å². The second kappa shape index (κ2) is 5.91. The van der Waals surface area contributed by atoms with Crippen molar-refractivity contribution >= 4 is 29.1 Å². The first-order valence-electron chi connectivity index (χ1n) is 5.98. The largest absolute Gasteiger partial charge is 0.340 e. The number of nitrogens with zero attached hydrogens (tertiary/aromatic N) is 2. The third-order valence-electron chi connectivity index (χ3n) is 3.21. The van der Waals surface area contributed by atoms with Gasteiger partial charge in [-0.05, 0) is 17.7 Å². The van der Waals surface area contributed by atoms with E-state index in [9.17, 15) is 4.79 Å². The summed E-state index contributed by atoms with van der Waals surface area (Å²) in [6.07, 6.45) is 0. The molecule has 1 fully saturated rings. The molecule has 2 rings (SSSR count). The summed E-state index contributed by atoms with van der Waals surface area (Å²) in [6, 6.07) is 5.72. The molecule has 0 saturated carbocycles. The highest BCUT2D eigenvalue weighted by Crippen LogP contribution is 2.23. The van der Waals surface area contributed by atoms with Crippen LogP contribution >= 0.6 is 23.2 Å². The Morgan fingerprint density at radius 2 is 1.83 bits per heavy atom. The molecule has 18 heavy (non-hydrogen) atoms. The van der Waals surface area contributed by atoms with Gasteiger partial charge in [-0.1, -0.05) is 29.3 Å². The molecule has 98 valence electrons. The molecule has 0 atom stereocenters. The minimum Gasteiger partial charge on any atom is -0.340 e. The van der Waals surface area contributed by atoms with Gasteiger partial charge in [-0.25, -0.2) is 0 Å². The molecule has 3 nitrogen and oxygen atoms in total. The summed E-state index contributed by atoms with van der Waals surface area (Å²) < 4.78 is 0. The molecule has 1 aliphatic rings. The number of rotatable bonds is 2. The zero-order valence-electron chi connectivity index (χ0n) is 10.3. The average Bonchev–Trinajstić information content (AvgIpc) is 2.34. The normalized spacial score (nSPS) is 16.9. The molecular weight excluding hydrogens is 271 g/mol. The van der Waals surface area contributed by atoms with E-state index in [0.29, 0.717) is 10.0 Å². The lowest BCUT2D eigenvalue weighted by Gasteiger charge is -2.34. The van der Waals surface area contributed by atoms with E-state index in [1.165, 1.54) is 0 Å². The Hall–Kier alpha value is -0.770. The second-order valence-electron chi connectivity index (χ2n) is 4.53. The van der Waals surface area contributed by atoms with Crippen molar-refractivity contribution in [3.63, 3.8) is 0 Å². The van der Waals surface area contributed by atoms with Crippen molar-refractivity contribution in [1.29, 1.82) is 0 Å². The number of amides is 1. The van der Waals surface area contributed by atoms with Gasteiger partial charge in [0, 0.05) is 39.6 Å². The Balaban J connectivity index is 1.91. The van der Waals surface area contributed by atoms with Crippen LogP contribution < -0.4 is 0 Å². The van der Waals surface area contributed by atoms with E-state index in [-0.39, 0.29) is 5.91 Å². The molecule has 1 saturated heterocycles. The Kier molecular flexibility index (Phi) is 4.49. The highest BCUT2D eigenvalue weighted by atomic mass is 35.5. The van der Waals surface area contributed by atoms with Crippen LogP contribution in [0.1, 0.15) is 12.5 Å². The molecule has 0 aromatic heterocycles. The van der Waals surface area contributed by atoms with Crippen LogP contribution in [0.5, 0.6) is 0 Å². The van der Waals surface area contributed by atoms with E-state index < -0.39 is 0 Å². The lowest BCUT2D eigenvalue weighted by atomic mass is 10.2. The van der Waals surface area contributed by atoms with Crippen LogP contribution in [0, 0.1) is 0 Å². The second-order valence-corrected chi connectivity index (χ2v) is 5.35. The molecule has 1 aromatic carbocycles. The zero-order valence-corrected chi connectivity index (χ0v) is 11.8. The minimum atomic E-state index is 0.157. The topological polar surface area (TPSA) is 23.6 Å². The molecule has 0 radical (unpaired) electrons. The first-order valence-corrected chi connectivity index (χ1v) is 6.73. The van der Waals surface area contributed by atoms with Gasteiger partial charge < -0.3 is 4.90 Å². The summed E-state index contributed by atoms with van der Waals surface area (Å²) in [5.74, 6) is 0.157. The molecule has 0 bridgehead atoms.